The fourth-order valence-electron chi connectivity index (χ4n) is 2.22. The van der Waals surface area contributed by atoms with Gasteiger partial charge in [-0.2, -0.15) is 5.10 Å². The van der Waals surface area contributed by atoms with Crippen molar-refractivity contribution in [3.63, 3.8) is 0 Å². The molecule has 2 heterocycles. The Bertz CT molecular complexity index is 359. The van der Waals surface area contributed by atoms with E-state index >= 15 is 0 Å². The summed E-state index contributed by atoms with van der Waals surface area (Å²) in [5.74, 6) is 0. The van der Waals surface area contributed by atoms with Crippen molar-refractivity contribution in [1.82, 2.24) is 15.1 Å². The summed E-state index contributed by atoms with van der Waals surface area (Å²) in [5, 5.41) is 7.88. The Hall–Kier alpha value is -0.910. The van der Waals surface area contributed by atoms with Crippen molar-refractivity contribution >= 4 is 0 Å². The molecule has 0 aromatic carbocycles. The van der Waals surface area contributed by atoms with Crippen LogP contribution in [0.15, 0.2) is 6.20 Å². The number of aromatic nitrogens is 2. The maximum Gasteiger partial charge on any atom is 0.0771 e. The van der Waals surface area contributed by atoms with Gasteiger partial charge in [-0.3, -0.25) is 4.68 Å². The summed E-state index contributed by atoms with van der Waals surface area (Å²) in [6.07, 6.45) is 4.80. The third-order valence-corrected chi connectivity index (χ3v) is 3.26. The van der Waals surface area contributed by atoms with E-state index in [-0.39, 0.29) is 0 Å². The lowest BCUT2D eigenvalue weighted by Crippen LogP contribution is -2.18. The molecule has 2 rings (SSSR count). The van der Waals surface area contributed by atoms with Crippen LogP contribution in [0.2, 0.25) is 0 Å². The van der Waals surface area contributed by atoms with Crippen LogP contribution in [-0.4, -0.2) is 42.8 Å². The lowest BCUT2D eigenvalue weighted by molar-refractivity contribution is 0.0939. The third-order valence-electron chi connectivity index (χ3n) is 3.26. The Balaban J connectivity index is 1.81. The molecule has 0 amide bonds. The van der Waals surface area contributed by atoms with Gasteiger partial charge in [0, 0.05) is 38.6 Å². The number of ether oxygens (including phenoxy) is 2. The van der Waals surface area contributed by atoms with Crippen molar-refractivity contribution in [2.24, 2.45) is 0 Å². The lowest BCUT2D eigenvalue weighted by Gasteiger charge is -2.08. The Morgan fingerprint density at radius 3 is 3.22 bits per heavy atom. The van der Waals surface area contributed by atoms with Crippen molar-refractivity contribution in [3.8, 4) is 0 Å². The summed E-state index contributed by atoms with van der Waals surface area (Å²) < 4.78 is 12.6. The second kappa shape index (κ2) is 6.87. The van der Waals surface area contributed by atoms with Crippen LogP contribution < -0.4 is 5.32 Å². The standard InChI is InChI=1S/C13H23N3O2/c1-11-12(8-14-5-7-17-2)9-16(15-11)10-13-4-3-6-18-13/h9,13-14H,3-8,10H2,1-2H3. The minimum atomic E-state index is 0.346. The predicted octanol–water partition coefficient (Wildman–Crippen LogP) is 1.11. The molecular formula is C13H23N3O2. The summed E-state index contributed by atoms with van der Waals surface area (Å²) in [4.78, 5) is 0. The number of hydrogen-bond donors (Lipinski definition) is 1. The van der Waals surface area contributed by atoms with Gasteiger partial charge in [0.2, 0.25) is 0 Å². The zero-order chi connectivity index (χ0) is 12.8. The largest absolute Gasteiger partial charge is 0.383 e. The maximum atomic E-state index is 5.63. The predicted molar refractivity (Wildman–Crippen MR) is 69.5 cm³/mol. The van der Waals surface area contributed by atoms with Gasteiger partial charge in [0.05, 0.1) is 24.9 Å². The Morgan fingerprint density at radius 1 is 1.61 bits per heavy atom. The molecule has 1 aromatic rings. The molecule has 5 heteroatoms. The van der Waals surface area contributed by atoms with Gasteiger partial charge in [-0.15, -0.1) is 0 Å². The van der Waals surface area contributed by atoms with E-state index in [4.69, 9.17) is 9.47 Å². The van der Waals surface area contributed by atoms with Crippen LogP contribution in [0.5, 0.6) is 0 Å². The molecule has 1 fully saturated rings. The molecule has 0 radical (unpaired) electrons. The van der Waals surface area contributed by atoms with Crippen LogP contribution in [0, 0.1) is 6.92 Å². The van der Waals surface area contributed by atoms with E-state index in [1.807, 2.05) is 4.68 Å². The van der Waals surface area contributed by atoms with E-state index in [1.165, 1.54) is 12.0 Å². The van der Waals surface area contributed by atoms with Crippen LogP contribution >= 0.6 is 0 Å². The van der Waals surface area contributed by atoms with Gasteiger partial charge < -0.3 is 14.8 Å². The second-order valence-electron chi connectivity index (χ2n) is 4.77. The average molecular weight is 253 g/mol. The van der Waals surface area contributed by atoms with E-state index < -0.39 is 0 Å². The lowest BCUT2D eigenvalue weighted by atomic mass is 10.2. The molecule has 1 unspecified atom stereocenters. The molecule has 1 atom stereocenters. The number of nitrogens with zero attached hydrogens (tertiary/aromatic N) is 2. The molecular weight excluding hydrogens is 230 g/mol. The topological polar surface area (TPSA) is 48.3 Å². The summed E-state index contributed by atoms with van der Waals surface area (Å²) in [6.45, 7) is 6.28. The molecule has 0 spiro atoms. The summed E-state index contributed by atoms with van der Waals surface area (Å²) in [7, 11) is 1.71. The zero-order valence-electron chi connectivity index (χ0n) is 11.3. The number of aryl methyl sites for hydroxylation is 1. The molecule has 1 N–H and O–H groups in total. The minimum absolute atomic E-state index is 0.346. The Kier molecular flexibility index (Phi) is 5.16. The second-order valence-corrected chi connectivity index (χ2v) is 4.77. The fourth-order valence-corrected chi connectivity index (χ4v) is 2.22. The third kappa shape index (κ3) is 3.80. The molecule has 102 valence electrons. The van der Waals surface area contributed by atoms with Crippen molar-refractivity contribution in [1.29, 1.82) is 0 Å². The molecule has 1 aliphatic heterocycles. The van der Waals surface area contributed by atoms with E-state index in [0.29, 0.717) is 6.10 Å². The van der Waals surface area contributed by atoms with Crippen LogP contribution in [0.3, 0.4) is 0 Å². The first kappa shape index (κ1) is 13.5. The fraction of sp³-hybridized carbons (Fsp3) is 0.769. The normalized spacial score (nSPS) is 19.6. The van der Waals surface area contributed by atoms with Crippen LogP contribution in [0.4, 0.5) is 0 Å². The maximum absolute atomic E-state index is 5.63. The first-order chi connectivity index (χ1) is 8.79. The van der Waals surface area contributed by atoms with Gasteiger partial charge in [0.1, 0.15) is 0 Å². The average Bonchev–Trinajstić information content (AvgIpc) is 2.96. The highest BCUT2D eigenvalue weighted by molar-refractivity contribution is 5.15. The molecule has 0 saturated carbocycles. The molecule has 1 saturated heterocycles. The van der Waals surface area contributed by atoms with Gasteiger partial charge in [0.15, 0.2) is 0 Å². The van der Waals surface area contributed by atoms with Crippen LogP contribution in [0.25, 0.3) is 0 Å². The van der Waals surface area contributed by atoms with Crippen molar-refractivity contribution < 1.29 is 9.47 Å². The molecule has 5 nitrogen and oxygen atoms in total. The van der Waals surface area contributed by atoms with Crippen molar-refractivity contribution in [2.75, 3.05) is 26.9 Å². The molecule has 18 heavy (non-hydrogen) atoms. The number of rotatable bonds is 7. The molecule has 0 aliphatic carbocycles. The monoisotopic (exact) mass is 253 g/mol. The smallest absolute Gasteiger partial charge is 0.0771 e. The van der Waals surface area contributed by atoms with Gasteiger partial charge in [-0.1, -0.05) is 0 Å². The first-order valence-corrected chi connectivity index (χ1v) is 6.64. The first-order valence-electron chi connectivity index (χ1n) is 6.64. The van der Waals surface area contributed by atoms with E-state index in [9.17, 15) is 0 Å². The molecule has 1 aliphatic rings. The van der Waals surface area contributed by atoms with E-state index in [1.54, 1.807) is 7.11 Å². The van der Waals surface area contributed by atoms with Gasteiger partial charge >= 0.3 is 0 Å². The molecule has 1 aromatic heterocycles. The number of hydrogen-bond acceptors (Lipinski definition) is 4. The number of methoxy groups -OCH3 is 1. The van der Waals surface area contributed by atoms with Gasteiger partial charge in [0.25, 0.3) is 0 Å². The zero-order valence-corrected chi connectivity index (χ0v) is 11.3. The highest BCUT2D eigenvalue weighted by atomic mass is 16.5. The Morgan fingerprint density at radius 2 is 2.50 bits per heavy atom. The SMILES string of the molecule is COCCNCc1cn(CC2CCCO2)nc1C. The van der Waals surface area contributed by atoms with Crippen molar-refractivity contribution in [3.05, 3.63) is 17.5 Å². The summed E-state index contributed by atoms with van der Waals surface area (Å²) in [5.41, 5.74) is 2.35. The minimum Gasteiger partial charge on any atom is -0.383 e. The Labute approximate surface area is 108 Å². The van der Waals surface area contributed by atoms with Gasteiger partial charge in [-0.05, 0) is 19.8 Å². The summed E-state index contributed by atoms with van der Waals surface area (Å²) >= 11 is 0. The molecule has 0 bridgehead atoms. The number of nitrogens with one attached hydrogen (secondary N) is 1. The highest BCUT2D eigenvalue weighted by Gasteiger charge is 2.16. The van der Waals surface area contributed by atoms with Crippen LogP contribution in [-0.2, 0) is 22.6 Å². The van der Waals surface area contributed by atoms with Gasteiger partial charge in [-0.25, -0.2) is 0 Å². The van der Waals surface area contributed by atoms with E-state index in [2.05, 4.69) is 23.5 Å². The quantitative estimate of drug-likeness (QED) is 0.739. The highest BCUT2D eigenvalue weighted by Crippen LogP contribution is 2.14. The van der Waals surface area contributed by atoms with E-state index in [0.717, 1.165) is 45.0 Å². The van der Waals surface area contributed by atoms with Crippen molar-refractivity contribution in [2.45, 2.75) is 39.0 Å². The van der Waals surface area contributed by atoms with Crippen LogP contribution in [0.1, 0.15) is 24.1 Å². The summed E-state index contributed by atoms with van der Waals surface area (Å²) in [6, 6.07) is 0.